The molecule has 0 aromatic carbocycles. The van der Waals surface area contributed by atoms with Crippen LogP contribution in [0.5, 0.6) is 0 Å². The molecule has 96 valence electrons. The second-order valence-electron chi connectivity index (χ2n) is 4.92. The Morgan fingerprint density at radius 1 is 0.938 bits per heavy atom. The van der Waals surface area contributed by atoms with Gasteiger partial charge < -0.3 is 5.32 Å². The molecule has 1 N–H and O–H groups in total. The van der Waals surface area contributed by atoms with E-state index in [1.165, 1.54) is 25.7 Å². The number of rotatable bonds is 9. The fourth-order valence-corrected chi connectivity index (χ4v) is 2.44. The molecule has 0 spiro atoms. The van der Waals surface area contributed by atoms with E-state index in [-0.39, 0.29) is 11.4 Å². The van der Waals surface area contributed by atoms with Gasteiger partial charge in [0.15, 0.2) is 0 Å². The minimum atomic E-state index is 0.0760. The monoisotopic (exact) mass is 227 g/mol. The van der Waals surface area contributed by atoms with E-state index in [1.807, 2.05) is 0 Å². The second-order valence-corrected chi connectivity index (χ2v) is 4.92. The molecule has 0 bridgehead atoms. The Balaban J connectivity index is 4.51. The molecule has 0 saturated heterocycles. The van der Waals surface area contributed by atoms with Crippen molar-refractivity contribution >= 4 is 5.91 Å². The molecule has 0 aromatic rings. The largest absolute Gasteiger partial charge is 0.351 e. The van der Waals surface area contributed by atoms with Gasteiger partial charge in [0.2, 0.25) is 5.91 Å². The number of carbonyl (C=O) groups is 1. The highest BCUT2D eigenvalue weighted by molar-refractivity contribution is 5.73. The zero-order valence-corrected chi connectivity index (χ0v) is 11.6. The zero-order chi connectivity index (χ0) is 12.4. The Kier molecular flexibility index (Phi) is 8.32. The van der Waals surface area contributed by atoms with Crippen molar-refractivity contribution in [1.29, 1.82) is 0 Å². The van der Waals surface area contributed by atoms with Gasteiger partial charge in [-0.1, -0.05) is 52.9 Å². The molecule has 0 radical (unpaired) electrons. The summed E-state index contributed by atoms with van der Waals surface area (Å²) >= 11 is 0. The molecule has 0 rings (SSSR count). The topological polar surface area (TPSA) is 29.1 Å². The number of carbonyl (C=O) groups excluding carboxylic acids is 1. The summed E-state index contributed by atoms with van der Waals surface area (Å²) < 4.78 is 0. The smallest absolute Gasteiger partial charge is 0.217 e. The molecular weight excluding hydrogens is 198 g/mol. The molecule has 0 aliphatic carbocycles. The molecule has 0 atom stereocenters. The summed E-state index contributed by atoms with van der Waals surface area (Å²) in [6, 6.07) is 0. The Labute approximate surface area is 101 Å². The SMILES string of the molecule is CCCCC(CCC)(CCCC)NC(C)=O. The minimum Gasteiger partial charge on any atom is -0.351 e. The Bertz CT molecular complexity index is 181. The van der Waals surface area contributed by atoms with Crippen molar-refractivity contribution in [3.05, 3.63) is 0 Å². The molecule has 0 saturated carbocycles. The van der Waals surface area contributed by atoms with Gasteiger partial charge >= 0.3 is 0 Å². The van der Waals surface area contributed by atoms with Gasteiger partial charge in [0.1, 0.15) is 0 Å². The number of hydrogen-bond donors (Lipinski definition) is 1. The summed E-state index contributed by atoms with van der Waals surface area (Å²) in [6.07, 6.45) is 9.37. The fourth-order valence-electron chi connectivity index (χ4n) is 2.44. The second kappa shape index (κ2) is 8.60. The maximum Gasteiger partial charge on any atom is 0.217 e. The van der Waals surface area contributed by atoms with E-state index < -0.39 is 0 Å². The van der Waals surface area contributed by atoms with Crippen molar-refractivity contribution in [2.24, 2.45) is 0 Å². The lowest BCUT2D eigenvalue weighted by Gasteiger charge is -2.35. The van der Waals surface area contributed by atoms with Crippen LogP contribution in [0, 0.1) is 0 Å². The lowest BCUT2D eigenvalue weighted by atomic mass is 9.83. The minimum absolute atomic E-state index is 0.0760. The third-order valence-electron chi connectivity index (χ3n) is 3.19. The summed E-state index contributed by atoms with van der Waals surface area (Å²) in [4.78, 5) is 11.3. The quantitative estimate of drug-likeness (QED) is 0.633. The lowest BCUT2D eigenvalue weighted by Crippen LogP contribution is -2.47. The molecule has 0 aliphatic heterocycles. The van der Waals surface area contributed by atoms with Gasteiger partial charge in [0.25, 0.3) is 0 Å². The van der Waals surface area contributed by atoms with Crippen molar-refractivity contribution < 1.29 is 4.79 Å². The van der Waals surface area contributed by atoms with Crippen LogP contribution in [0.1, 0.15) is 79.1 Å². The standard InChI is InChI=1S/C14H29NO/c1-5-8-11-14(10-7-3,12-9-6-2)15-13(4)16/h5-12H2,1-4H3,(H,15,16). The van der Waals surface area contributed by atoms with Crippen molar-refractivity contribution in [3.8, 4) is 0 Å². The highest BCUT2D eigenvalue weighted by Gasteiger charge is 2.28. The third kappa shape index (κ3) is 6.14. The van der Waals surface area contributed by atoms with Crippen molar-refractivity contribution in [2.75, 3.05) is 0 Å². The summed E-state index contributed by atoms with van der Waals surface area (Å²) in [5, 5.41) is 3.22. The van der Waals surface area contributed by atoms with Crippen LogP contribution in [0.25, 0.3) is 0 Å². The van der Waals surface area contributed by atoms with Gasteiger partial charge in [-0.05, 0) is 19.3 Å². The predicted molar refractivity (Wildman–Crippen MR) is 70.5 cm³/mol. The average molecular weight is 227 g/mol. The van der Waals surface area contributed by atoms with Crippen LogP contribution in [-0.4, -0.2) is 11.4 Å². The molecule has 2 heteroatoms. The summed E-state index contributed by atoms with van der Waals surface area (Å²) in [5.74, 6) is 0.126. The van der Waals surface area contributed by atoms with Crippen LogP contribution in [0.15, 0.2) is 0 Å². The third-order valence-corrected chi connectivity index (χ3v) is 3.19. The van der Waals surface area contributed by atoms with Gasteiger partial charge in [-0.25, -0.2) is 0 Å². The van der Waals surface area contributed by atoms with Crippen LogP contribution >= 0.6 is 0 Å². The van der Waals surface area contributed by atoms with E-state index in [0.29, 0.717) is 0 Å². The lowest BCUT2D eigenvalue weighted by molar-refractivity contribution is -0.121. The molecule has 0 aromatic heterocycles. The highest BCUT2D eigenvalue weighted by atomic mass is 16.1. The molecule has 1 amide bonds. The van der Waals surface area contributed by atoms with E-state index in [9.17, 15) is 4.79 Å². The summed E-state index contributed by atoms with van der Waals surface area (Å²) in [6.45, 7) is 8.27. The van der Waals surface area contributed by atoms with Crippen LogP contribution in [0.2, 0.25) is 0 Å². The molecular formula is C14H29NO. The molecule has 0 heterocycles. The van der Waals surface area contributed by atoms with Crippen LogP contribution < -0.4 is 5.32 Å². The van der Waals surface area contributed by atoms with Gasteiger partial charge in [0.05, 0.1) is 0 Å². The first-order valence-electron chi connectivity index (χ1n) is 6.89. The molecule has 0 aliphatic rings. The number of nitrogens with one attached hydrogen (secondary N) is 1. The van der Waals surface area contributed by atoms with E-state index in [2.05, 4.69) is 26.1 Å². The van der Waals surface area contributed by atoms with Gasteiger partial charge in [0, 0.05) is 12.5 Å². The van der Waals surface area contributed by atoms with E-state index in [0.717, 1.165) is 25.7 Å². The molecule has 16 heavy (non-hydrogen) atoms. The summed E-state index contributed by atoms with van der Waals surface area (Å²) in [7, 11) is 0. The summed E-state index contributed by atoms with van der Waals surface area (Å²) in [5.41, 5.74) is 0.0760. The fraction of sp³-hybridized carbons (Fsp3) is 0.929. The first kappa shape index (κ1) is 15.5. The van der Waals surface area contributed by atoms with Crippen LogP contribution in [0.3, 0.4) is 0 Å². The number of hydrogen-bond acceptors (Lipinski definition) is 1. The maximum absolute atomic E-state index is 11.3. The first-order valence-corrected chi connectivity index (χ1v) is 6.89. The van der Waals surface area contributed by atoms with Gasteiger partial charge in [-0.15, -0.1) is 0 Å². The average Bonchev–Trinajstić information content (AvgIpc) is 2.23. The van der Waals surface area contributed by atoms with Crippen molar-refractivity contribution in [1.82, 2.24) is 5.32 Å². The molecule has 2 nitrogen and oxygen atoms in total. The van der Waals surface area contributed by atoms with E-state index >= 15 is 0 Å². The Hall–Kier alpha value is -0.530. The number of unbranched alkanes of at least 4 members (excludes halogenated alkanes) is 2. The van der Waals surface area contributed by atoms with Crippen molar-refractivity contribution in [3.63, 3.8) is 0 Å². The Morgan fingerprint density at radius 2 is 1.44 bits per heavy atom. The zero-order valence-electron chi connectivity index (χ0n) is 11.6. The van der Waals surface area contributed by atoms with Crippen LogP contribution in [-0.2, 0) is 4.79 Å². The van der Waals surface area contributed by atoms with E-state index in [4.69, 9.17) is 0 Å². The van der Waals surface area contributed by atoms with Crippen molar-refractivity contribution in [2.45, 2.75) is 84.6 Å². The van der Waals surface area contributed by atoms with Gasteiger partial charge in [-0.3, -0.25) is 4.79 Å². The first-order chi connectivity index (χ1) is 7.60. The number of amides is 1. The van der Waals surface area contributed by atoms with E-state index in [1.54, 1.807) is 6.92 Å². The maximum atomic E-state index is 11.3. The van der Waals surface area contributed by atoms with Gasteiger partial charge in [-0.2, -0.15) is 0 Å². The van der Waals surface area contributed by atoms with Crippen LogP contribution in [0.4, 0.5) is 0 Å². The molecule has 0 fully saturated rings. The highest BCUT2D eigenvalue weighted by Crippen LogP contribution is 2.26. The Morgan fingerprint density at radius 3 is 1.75 bits per heavy atom. The normalized spacial score (nSPS) is 11.5. The predicted octanol–water partition coefficient (Wildman–Crippen LogP) is 4.04. The molecule has 0 unspecified atom stereocenters.